The second kappa shape index (κ2) is 37.9. The molecule has 0 spiro atoms. The molecule has 0 radical (unpaired) electrons. The molecule has 0 aromatic carbocycles. The normalized spacial score (nSPS) is 6.92. The van der Waals surface area contributed by atoms with Crippen LogP contribution in [0.15, 0.2) is 0 Å². The van der Waals surface area contributed by atoms with E-state index in [9.17, 15) is 0 Å². The second-order valence-electron chi connectivity index (χ2n) is 2.17. The molecule has 0 atom stereocenters. The first-order valence-electron chi connectivity index (χ1n) is 4.57. The molecule has 0 rings (SSSR count). The molecule has 3 N–H and O–H groups in total. The Hall–Kier alpha value is 1.20. The number of hydrogen-bond donors (Lipinski definition) is 3. The van der Waals surface area contributed by atoms with Crippen molar-refractivity contribution in [3.8, 4) is 0 Å². The summed E-state index contributed by atoms with van der Waals surface area (Å²) in [6.45, 7) is 6.75. The molecule has 0 aromatic rings. The van der Waals surface area contributed by atoms with E-state index in [2.05, 4.69) is 0 Å². The molecular weight excluding hydrogens is 313 g/mol. The van der Waals surface area contributed by atoms with Crippen molar-refractivity contribution >= 4 is 0 Å². The van der Waals surface area contributed by atoms with Crippen LogP contribution >= 0.6 is 0 Å². The van der Waals surface area contributed by atoms with Crippen LogP contribution in [0, 0.1) is 39.9 Å². The third kappa shape index (κ3) is 93.8. The minimum Gasteiger partial charge on any atom is -0.396 e. The van der Waals surface area contributed by atoms with E-state index >= 15 is 0 Å². The summed E-state index contributed by atoms with van der Waals surface area (Å²) in [5.74, 6) is 0. The number of aliphatic hydroxyl groups is 3. The Morgan fingerprint density at radius 2 is 0.692 bits per heavy atom. The number of rotatable bonds is 3. The topological polar surface area (TPSA) is 60.7 Å². The minimum atomic E-state index is 0. The van der Waals surface area contributed by atoms with Gasteiger partial charge in [-0.3, -0.25) is 0 Å². The van der Waals surface area contributed by atoms with E-state index < -0.39 is 0 Å². The first-order valence-corrected chi connectivity index (χ1v) is 4.57. The molecule has 0 amide bonds. The van der Waals surface area contributed by atoms with E-state index in [1.807, 2.05) is 20.8 Å². The van der Waals surface area contributed by atoms with Crippen LogP contribution in [-0.4, -0.2) is 35.1 Å². The maximum Gasteiger partial charge on any atom is 0.0428 e. The van der Waals surface area contributed by atoms with Gasteiger partial charge >= 0.3 is 0 Å². The van der Waals surface area contributed by atoms with Gasteiger partial charge in [-0.25, -0.2) is 0 Å². The fourth-order valence-electron chi connectivity index (χ4n) is 0. The number of hydrogen-bond acceptors (Lipinski definition) is 3. The van der Waals surface area contributed by atoms with Crippen molar-refractivity contribution in [2.45, 2.75) is 40.0 Å². The molecule has 0 unspecified atom stereocenters. The molecular formula is C9H24GdO3. The maximum atomic E-state index is 7.88. The number of aliphatic hydroxyl groups excluding tert-OH is 3. The summed E-state index contributed by atoms with van der Waals surface area (Å²) in [6.07, 6.45) is 2.62. The summed E-state index contributed by atoms with van der Waals surface area (Å²) < 4.78 is 0. The van der Waals surface area contributed by atoms with Crippen LogP contribution in [0.3, 0.4) is 0 Å². The van der Waals surface area contributed by atoms with Crippen molar-refractivity contribution in [2.24, 2.45) is 0 Å². The molecule has 0 aromatic heterocycles. The Morgan fingerprint density at radius 1 is 0.615 bits per heavy atom. The second-order valence-corrected chi connectivity index (χ2v) is 2.17. The van der Waals surface area contributed by atoms with Gasteiger partial charge in [0.05, 0.1) is 0 Å². The molecule has 0 saturated carbocycles. The molecule has 3 nitrogen and oxygen atoms in total. The summed E-state index contributed by atoms with van der Waals surface area (Å²) in [6, 6.07) is 0. The zero-order chi connectivity index (χ0) is 10.2. The van der Waals surface area contributed by atoms with Gasteiger partial charge in [-0.05, 0) is 19.3 Å². The van der Waals surface area contributed by atoms with Crippen LogP contribution in [0.1, 0.15) is 40.0 Å². The average molecular weight is 338 g/mol. The van der Waals surface area contributed by atoms with E-state index in [4.69, 9.17) is 15.3 Å². The van der Waals surface area contributed by atoms with Gasteiger partial charge in [0.25, 0.3) is 0 Å². The van der Waals surface area contributed by atoms with Gasteiger partial charge in [0.15, 0.2) is 0 Å². The van der Waals surface area contributed by atoms with Crippen LogP contribution in [0.5, 0.6) is 0 Å². The molecule has 0 aliphatic rings. The van der Waals surface area contributed by atoms with Gasteiger partial charge in [-0.15, -0.1) is 0 Å². The Balaban J connectivity index is -0.0000000450. The predicted octanol–water partition coefficient (Wildman–Crippen LogP) is 1.17. The van der Waals surface area contributed by atoms with Gasteiger partial charge in [-0.2, -0.15) is 0 Å². The first-order chi connectivity index (χ1) is 5.74. The van der Waals surface area contributed by atoms with Crippen LogP contribution < -0.4 is 0 Å². The van der Waals surface area contributed by atoms with Crippen molar-refractivity contribution in [3.05, 3.63) is 0 Å². The largest absolute Gasteiger partial charge is 0.396 e. The molecule has 0 aliphatic heterocycles. The fourth-order valence-corrected chi connectivity index (χ4v) is 0. The molecule has 0 fully saturated rings. The average Bonchev–Trinajstić information content (AvgIpc) is 2.18. The van der Waals surface area contributed by atoms with Gasteiger partial charge in [0.2, 0.25) is 0 Å². The van der Waals surface area contributed by atoms with Crippen LogP contribution in [0.2, 0.25) is 0 Å². The minimum absolute atomic E-state index is 0. The molecule has 0 heterocycles. The smallest absolute Gasteiger partial charge is 0.0428 e. The van der Waals surface area contributed by atoms with E-state index in [0.717, 1.165) is 19.3 Å². The van der Waals surface area contributed by atoms with E-state index in [1.54, 1.807) is 0 Å². The summed E-state index contributed by atoms with van der Waals surface area (Å²) in [7, 11) is 0. The Bertz CT molecular complexity index is 30.3. The van der Waals surface area contributed by atoms with Gasteiger partial charge < -0.3 is 15.3 Å². The van der Waals surface area contributed by atoms with Crippen molar-refractivity contribution in [3.63, 3.8) is 0 Å². The molecule has 0 aliphatic carbocycles. The molecule has 4 heteroatoms. The Labute approximate surface area is 114 Å². The van der Waals surface area contributed by atoms with Crippen molar-refractivity contribution in [2.75, 3.05) is 19.8 Å². The van der Waals surface area contributed by atoms with E-state index in [-0.39, 0.29) is 39.9 Å². The zero-order valence-electron chi connectivity index (χ0n) is 8.94. The van der Waals surface area contributed by atoms with Gasteiger partial charge in [0.1, 0.15) is 0 Å². The predicted molar refractivity (Wildman–Crippen MR) is 52.1 cm³/mol. The maximum absolute atomic E-state index is 7.88. The monoisotopic (exact) mass is 338 g/mol. The fraction of sp³-hybridized carbons (Fsp3) is 1.00. The van der Waals surface area contributed by atoms with Gasteiger partial charge in [-0.1, -0.05) is 20.8 Å². The SMILES string of the molecule is CCCO.CCCO.CCCO.[Gd]. The van der Waals surface area contributed by atoms with Gasteiger partial charge in [0, 0.05) is 59.8 Å². The zero-order valence-corrected chi connectivity index (χ0v) is 11.2. The van der Waals surface area contributed by atoms with Crippen molar-refractivity contribution < 1.29 is 55.3 Å². The Kier molecular flexibility index (Phi) is 69.3. The van der Waals surface area contributed by atoms with Crippen molar-refractivity contribution in [1.82, 2.24) is 0 Å². The third-order valence-corrected chi connectivity index (χ3v) is 0.671. The molecule has 13 heavy (non-hydrogen) atoms. The van der Waals surface area contributed by atoms with E-state index in [0.29, 0.717) is 19.8 Å². The van der Waals surface area contributed by atoms with Crippen LogP contribution in [0.25, 0.3) is 0 Å². The summed E-state index contributed by atoms with van der Waals surface area (Å²) in [5.41, 5.74) is 0. The van der Waals surface area contributed by atoms with E-state index in [1.165, 1.54) is 0 Å². The third-order valence-electron chi connectivity index (χ3n) is 0.671. The Morgan fingerprint density at radius 3 is 0.692 bits per heavy atom. The van der Waals surface area contributed by atoms with Crippen LogP contribution in [-0.2, 0) is 0 Å². The van der Waals surface area contributed by atoms with Crippen LogP contribution in [0.4, 0.5) is 0 Å². The summed E-state index contributed by atoms with van der Waals surface area (Å²) in [5, 5.41) is 23.6. The summed E-state index contributed by atoms with van der Waals surface area (Å²) >= 11 is 0. The quantitative estimate of drug-likeness (QED) is 0.724. The standard InChI is InChI=1S/3C3H8O.Gd/c3*1-2-3-4;/h3*4H,2-3H2,1H3;. The molecule has 0 saturated heterocycles. The molecule has 86 valence electrons. The summed E-state index contributed by atoms with van der Waals surface area (Å²) in [4.78, 5) is 0. The molecule has 0 bridgehead atoms. The van der Waals surface area contributed by atoms with Crippen molar-refractivity contribution in [1.29, 1.82) is 0 Å². The first kappa shape index (κ1) is 23.8.